The molecule has 1 aromatic rings. The zero-order chi connectivity index (χ0) is 15.4. The smallest absolute Gasteiger partial charge is 0.317 e. The highest BCUT2D eigenvalue weighted by atomic mass is 35.5. The molecule has 2 aliphatic rings. The van der Waals surface area contributed by atoms with Gasteiger partial charge in [-0.25, -0.2) is 4.79 Å². The van der Waals surface area contributed by atoms with Crippen LogP contribution in [0.1, 0.15) is 37.0 Å². The lowest BCUT2D eigenvalue weighted by atomic mass is 9.96. The van der Waals surface area contributed by atoms with Crippen molar-refractivity contribution in [3.63, 3.8) is 0 Å². The Bertz CT molecular complexity index is 493. The Kier molecular flexibility index (Phi) is 5.61. The van der Waals surface area contributed by atoms with Crippen LogP contribution in [0.25, 0.3) is 0 Å². The fourth-order valence-electron chi connectivity index (χ4n) is 3.28. The van der Waals surface area contributed by atoms with E-state index >= 15 is 0 Å². The average molecular weight is 342 g/mol. The topological polar surface area (TPSA) is 35.6 Å². The van der Waals surface area contributed by atoms with Gasteiger partial charge in [0.05, 0.1) is 4.34 Å². The Balaban J connectivity index is 1.41. The lowest BCUT2D eigenvalue weighted by Gasteiger charge is -2.35. The minimum atomic E-state index is 0.130. The van der Waals surface area contributed by atoms with Crippen LogP contribution in [-0.4, -0.2) is 48.1 Å². The molecule has 2 fully saturated rings. The number of hydrogen-bond acceptors (Lipinski definition) is 3. The number of rotatable bonds is 3. The standard InChI is InChI=1S/C16H24ClN3OS/c17-15-7-6-14(22-15)12-19-8-10-20(11-9-19)16(21)18-13-4-2-1-3-5-13/h6-7,13H,1-5,8-12H2,(H,18,21). The molecule has 122 valence electrons. The van der Waals surface area contributed by atoms with Crippen LogP contribution >= 0.6 is 22.9 Å². The lowest BCUT2D eigenvalue weighted by Crippen LogP contribution is -2.53. The van der Waals surface area contributed by atoms with E-state index in [0.717, 1.165) is 49.9 Å². The second kappa shape index (κ2) is 7.66. The summed E-state index contributed by atoms with van der Waals surface area (Å²) in [5, 5.41) is 3.21. The molecule has 3 rings (SSSR count). The molecular weight excluding hydrogens is 318 g/mol. The number of nitrogens with one attached hydrogen (secondary N) is 1. The summed E-state index contributed by atoms with van der Waals surface area (Å²) >= 11 is 7.62. The van der Waals surface area contributed by atoms with Crippen molar-refractivity contribution in [2.75, 3.05) is 26.2 Å². The third-order valence-corrected chi connectivity index (χ3v) is 5.82. The van der Waals surface area contributed by atoms with E-state index < -0.39 is 0 Å². The number of carbonyl (C=O) groups is 1. The largest absolute Gasteiger partial charge is 0.335 e. The Morgan fingerprint density at radius 1 is 1.18 bits per heavy atom. The molecule has 0 bridgehead atoms. The molecule has 1 saturated carbocycles. The highest BCUT2D eigenvalue weighted by Gasteiger charge is 2.23. The average Bonchev–Trinajstić information content (AvgIpc) is 2.94. The van der Waals surface area contributed by atoms with Gasteiger partial charge in [-0.2, -0.15) is 0 Å². The summed E-state index contributed by atoms with van der Waals surface area (Å²) in [7, 11) is 0. The first-order chi connectivity index (χ1) is 10.7. The van der Waals surface area contributed by atoms with Gasteiger partial charge in [0, 0.05) is 43.6 Å². The quantitative estimate of drug-likeness (QED) is 0.912. The first-order valence-corrected chi connectivity index (χ1v) is 9.42. The van der Waals surface area contributed by atoms with Crippen LogP contribution in [0.15, 0.2) is 12.1 Å². The molecule has 4 nitrogen and oxygen atoms in total. The van der Waals surface area contributed by atoms with Gasteiger partial charge in [0.15, 0.2) is 0 Å². The molecule has 2 heterocycles. The van der Waals surface area contributed by atoms with E-state index in [1.807, 2.05) is 11.0 Å². The lowest BCUT2D eigenvalue weighted by molar-refractivity contribution is 0.132. The maximum absolute atomic E-state index is 12.3. The van der Waals surface area contributed by atoms with Crippen LogP contribution in [0.4, 0.5) is 4.79 Å². The number of urea groups is 1. The molecule has 6 heteroatoms. The van der Waals surface area contributed by atoms with E-state index in [0.29, 0.717) is 6.04 Å². The van der Waals surface area contributed by atoms with Crippen molar-refractivity contribution in [3.8, 4) is 0 Å². The Hall–Kier alpha value is -0.780. The summed E-state index contributed by atoms with van der Waals surface area (Å²) in [6, 6.07) is 4.57. The molecule has 22 heavy (non-hydrogen) atoms. The minimum Gasteiger partial charge on any atom is -0.335 e. The molecule has 1 aliphatic heterocycles. The van der Waals surface area contributed by atoms with Crippen LogP contribution in [0.2, 0.25) is 4.34 Å². The molecule has 1 aliphatic carbocycles. The number of piperazine rings is 1. The molecule has 0 radical (unpaired) electrons. The third kappa shape index (κ3) is 4.37. The van der Waals surface area contributed by atoms with Crippen LogP contribution < -0.4 is 5.32 Å². The fourth-order valence-corrected chi connectivity index (χ4v) is 4.41. The number of thiophene rings is 1. The van der Waals surface area contributed by atoms with Gasteiger partial charge in [-0.15, -0.1) is 11.3 Å². The summed E-state index contributed by atoms with van der Waals surface area (Å²) in [5.41, 5.74) is 0. The number of nitrogens with zero attached hydrogens (tertiary/aromatic N) is 2. The number of carbonyl (C=O) groups excluding carboxylic acids is 1. The highest BCUT2D eigenvalue weighted by molar-refractivity contribution is 7.16. The van der Waals surface area contributed by atoms with Gasteiger partial charge in [-0.1, -0.05) is 30.9 Å². The SMILES string of the molecule is O=C(NC1CCCCC1)N1CCN(Cc2ccc(Cl)s2)CC1. The van der Waals surface area contributed by atoms with Crippen molar-refractivity contribution < 1.29 is 4.79 Å². The summed E-state index contributed by atoms with van der Waals surface area (Å²) in [5.74, 6) is 0. The number of hydrogen-bond donors (Lipinski definition) is 1. The van der Waals surface area contributed by atoms with E-state index in [1.54, 1.807) is 11.3 Å². The zero-order valence-electron chi connectivity index (χ0n) is 12.9. The van der Waals surface area contributed by atoms with Gasteiger partial charge < -0.3 is 10.2 Å². The molecule has 1 saturated heterocycles. The summed E-state index contributed by atoms with van der Waals surface area (Å²) in [6.45, 7) is 4.45. The summed E-state index contributed by atoms with van der Waals surface area (Å²) in [4.78, 5) is 18.0. The van der Waals surface area contributed by atoms with E-state index in [2.05, 4.69) is 16.3 Å². The second-order valence-corrected chi connectivity index (χ2v) is 8.05. The van der Waals surface area contributed by atoms with Gasteiger partial charge in [-0.05, 0) is 25.0 Å². The van der Waals surface area contributed by atoms with Gasteiger partial charge in [0.25, 0.3) is 0 Å². The molecule has 0 spiro atoms. The van der Waals surface area contributed by atoms with Crippen LogP contribution in [0, 0.1) is 0 Å². The first-order valence-electron chi connectivity index (χ1n) is 8.23. The molecular formula is C16H24ClN3OS. The summed E-state index contributed by atoms with van der Waals surface area (Å²) < 4.78 is 0.848. The van der Waals surface area contributed by atoms with Crippen LogP contribution in [0.5, 0.6) is 0 Å². The highest BCUT2D eigenvalue weighted by Crippen LogP contribution is 2.23. The Morgan fingerprint density at radius 2 is 1.91 bits per heavy atom. The Labute approximate surface area is 141 Å². The maximum atomic E-state index is 12.3. The van der Waals surface area contributed by atoms with Gasteiger partial charge in [0.2, 0.25) is 0 Å². The van der Waals surface area contributed by atoms with Gasteiger partial charge >= 0.3 is 6.03 Å². The summed E-state index contributed by atoms with van der Waals surface area (Å²) in [6.07, 6.45) is 6.11. The number of amides is 2. The van der Waals surface area contributed by atoms with Crippen molar-refractivity contribution in [2.45, 2.75) is 44.7 Å². The molecule has 1 N–H and O–H groups in total. The monoisotopic (exact) mass is 341 g/mol. The van der Waals surface area contributed by atoms with Crippen molar-refractivity contribution >= 4 is 29.0 Å². The van der Waals surface area contributed by atoms with Crippen molar-refractivity contribution in [2.24, 2.45) is 0 Å². The van der Waals surface area contributed by atoms with Crippen molar-refractivity contribution in [3.05, 3.63) is 21.3 Å². The van der Waals surface area contributed by atoms with Crippen LogP contribution in [0.3, 0.4) is 0 Å². The predicted octanol–water partition coefficient (Wildman–Crippen LogP) is 3.56. The fraction of sp³-hybridized carbons (Fsp3) is 0.688. The van der Waals surface area contributed by atoms with E-state index in [-0.39, 0.29) is 6.03 Å². The molecule has 0 atom stereocenters. The number of halogens is 1. The third-order valence-electron chi connectivity index (χ3n) is 4.60. The van der Waals surface area contributed by atoms with Gasteiger partial charge in [-0.3, -0.25) is 4.90 Å². The second-order valence-electron chi connectivity index (χ2n) is 6.25. The normalized spacial score (nSPS) is 21.0. The van der Waals surface area contributed by atoms with Crippen LogP contribution in [-0.2, 0) is 6.54 Å². The molecule has 0 aromatic carbocycles. The van der Waals surface area contributed by atoms with Crippen molar-refractivity contribution in [1.82, 2.24) is 15.1 Å². The Morgan fingerprint density at radius 3 is 2.55 bits per heavy atom. The van der Waals surface area contributed by atoms with E-state index in [4.69, 9.17) is 11.6 Å². The maximum Gasteiger partial charge on any atom is 0.317 e. The van der Waals surface area contributed by atoms with E-state index in [1.165, 1.54) is 24.1 Å². The molecule has 0 unspecified atom stereocenters. The first kappa shape index (κ1) is 16.1. The minimum absolute atomic E-state index is 0.130. The molecule has 2 amide bonds. The predicted molar refractivity (Wildman–Crippen MR) is 91.6 cm³/mol. The van der Waals surface area contributed by atoms with Gasteiger partial charge in [0.1, 0.15) is 0 Å². The van der Waals surface area contributed by atoms with E-state index in [9.17, 15) is 4.79 Å². The van der Waals surface area contributed by atoms with Crippen molar-refractivity contribution in [1.29, 1.82) is 0 Å². The molecule has 1 aromatic heterocycles. The zero-order valence-corrected chi connectivity index (χ0v) is 14.5.